The van der Waals surface area contributed by atoms with Crippen molar-refractivity contribution in [2.24, 2.45) is 29.6 Å². The number of esters is 1. The molecule has 0 spiro atoms. The Kier molecular flexibility index (Phi) is 3.56. The molecule has 16 heavy (non-hydrogen) atoms. The highest BCUT2D eigenvalue weighted by atomic mass is 16.5. The Morgan fingerprint density at radius 2 is 1.50 bits per heavy atom. The maximum absolute atomic E-state index is 9.59. The predicted octanol–water partition coefficient (Wildman–Crippen LogP) is 3.26. The van der Waals surface area contributed by atoms with Crippen LogP contribution in [0.25, 0.3) is 0 Å². The number of fused-ring (bicyclic) bond motifs is 5. The van der Waals surface area contributed by atoms with E-state index in [-0.39, 0.29) is 5.97 Å². The van der Waals surface area contributed by atoms with Gasteiger partial charge < -0.3 is 4.74 Å². The third-order valence-electron chi connectivity index (χ3n) is 4.91. The molecule has 0 saturated heterocycles. The Balaban J connectivity index is 0.000000168. The van der Waals surface area contributed by atoms with E-state index in [1.54, 1.807) is 32.1 Å². The average molecular weight is 224 g/mol. The van der Waals surface area contributed by atoms with E-state index in [0.717, 1.165) is 5.92 Å². The molecule has 0 radical (unpaired) electrons. The van der Waals surface area contributed by atoms with Gasteiger partial charge in [-0.25, -0.2) is 0 Å². The van der Waals surface area contributed by atoms with Crippen molar-refractivity contribution in [3.63, 3.8) is 0 Å². The lowest BCUT2D eigenvalue weighted by atomic mass is 9.82. The molecule has 0 aliphatic heterocycles. The largest absolute Gasteiger partial charge is 0.469 e. The van der Waals surface area contributed by atoms with Crippen LogP contribution in [0.5, 0.6) is 0 Å². The van der Waals surface area contributed by atoms with E-state index in [4.69, 9.17) is 0 Å². The first-order valence-corrected chi connectivity index (χ1v) is 6.66. The summed E-state index contributed by atoms with van der Waals surface area (Å²) in [6.07, 6.45) is 7.93. The second-order valence-corrected chi connectivity index (χ2v) is 5.93. The minimum Gasteiger partial charge on any atom is -0.469 e. The van der Waals surface area contributed by atoms with Gasteiger partial charge in [-0.1, -0.05) is 6.92 Å². The summed E-state index contributed by atoms with van der Waals surface area (Å²) in [7, 11) is 1.35. The molecule has 3 rings (SSSR count). The molecular formula is C14H24O2. The quantitative estimate of drug-likeness (QED) is 0.590. The van der Waals surface area contributed by atoms with Crippen LogP contribution in [0.4, 0.5) is 0 Å². The molecule has 3 saturated carbocycles. The van der Waals surface area contributed by atoms with Gasteiger partial charge in [0.15, 0.2) is 0 Å². The topological polar surface area (TPSA) is 26.3 Å². The third-order valence-corrected chi connectivity index (χ3v) is 4.91. The van der Waals surface area contributed by atoms with Gasteiger partial charge in [0.1, 0.15) is 0 Å². The lowest BCUT2D eigenvalue weighted by Gasteiger charge is -2.23. The van der Waals surface area contributed by atoms with Crippen LogP contribution in [0.3, 0.4) is 0 Å². The van der Waals surface area contributed by atoms with Crippen molar-refractivity contribution in [2.45, 2.75) is 46.0 Å². The number of rotatable bonds is 0. The Morgan fingerprint density at radius 3 is 1.88 bits per heavy atom. The zero-order valence-corrected chi connectivity index (χ0v) is 10.7. The number of methoxy groups -OCH3 is 1. The fraction of sp³-hybridized carbons (Fsp3) is 0.929. The van der Waals surface area contributed by atoms with Gasteiger partial charge in [-0.3, -0.25) is 4.79 Å². The van der Waals surface area contributed by atoms with E-state index in [2.05, 4.69) is 11.7 Å². The van der Waals surface area contributed by atoms with Crippen LogP contribution >= 0.6 is 0 Å². The van der Waals surface area contributed by atoms with Crippen molar-refractivity contribution in [2.75, 3.05) is 7.11 Å². The molecule has 0 aromatic carbocycles. The van der Waals surface area contributed by atoms with Crippen LogP contribution in [-0.4, -0.2) is 13.1 Å². The van der Waals surface area contributed by atoms with Crippen molar-refractivity contribution >= 4 is 5.97 Å². The molecule has 0 heterocycles. The number of hydrogen-bond donors (Lipinski definition) is 0. The van der Waals surface area contributed by atoms with Crippen molar-refractivity contribution < 1.29 is 9.53 Å². The summed E-state index contributed by atoms with van der Waals surface area (Å²) in [6.45, 7) is 3.82. The van der Waals surface area contributed by atoms with Gasteiger partial charge in [0.2, 0.25) is 0 Å². The third kappa shape index (κ3) is 2.26. The number of hydrogen-bond acceptors (Lipinski definition) is 2. The molecule has 3 aliphatic rings. The van der Waals surface area contributed by atoms with Crippen molar-refractivity contribution in [3.05, 3.63) is 0 Å². The highest BCUT2D eigenvalue weighted by Gasteiger charge is 2.50. The first kappa shape index (κ1) is 11.9. The van der Waals surface area contributed by atoms with E-state index in [0.29, 0.717) is 0 Å². The first-order chi connectivity index (χ1) is 7.61. The normalized spacial score (nSPS) is 43.6. The molecular weight excluding hydrogens is 200 g/mol. The smallest absolute Gasteiger partial charge is 0.302 e. The minimum absolute atomic E-state index is 0.245. The van der Waals surface area contributed by atoms with Gasteiger partial charge in [-0.05, 0) is 61.7 Å². The number of carbonyl (C=O) groups is 1. The SMILES string of the molecule is CC1CC2C3CCC(C3)C2C1.COC(C)=O. The second kappa shape index (κ2) is 4.77. The fourth-order valence-corrected chi connectivity index (χ4v) is 4.29. The molecule has 2 heteroatoms. The Labute approximate surface area is 98.7 Å². The summed E-state index contributed by atoms with van der Waals surface area (Å²) in [6, 6.07) is 0. The number of ether oxygens (including phenoxy) is 1. The molecule has 3 aliphatic carbocycles. The zero-order chi connectivity index (χ0) is 11.7. The van der Waals surface area contributed by atoms with E-state index in [9.17, 15) is 4.79 Å². The van der Waals surface area contributed by atoms with Crippen LogP contribution in [-0.2, 0) is 9.53 Å². The summed E-state index contributed by atoms with van der Waals surface area (Å²) >= 11 is 0. The van der Waals surface area contributed by atoms with E-state index >= 15 is 0 Å². The Morgan fingerprint density at radius 1 is 1.06 bits per heavy atom. The number of carbonyl (C=O) groups excluding carboxylic acids is 1. The molecule has 3 fully saturated rings. The van der Waals surface area contributed by atoms with Crippen LogP contribution in [0.2, 0.25) is 0 Å². The van der Waals surface area contributed by atoms with Crippen LogP contribution < -0.4 is 0 Å². The monoisotopic (exact) mass is 224 g/mol. The Bertz CT molecular complexity index is 243. The van der Waals surface area contributed by atoms with Gasteiger partial charge in [-0.15, -0.1) is 0 Å². The maximum Gasteiger partial charge on any atom is 0.302 e. The maximum atomic E-state index is 9.59. The van der Waals surface area contributed by atoms with Gasteiger partial charge >= 0.3 is 5.97 Å². The van der Waals surface area contributed by atoms with Crippen molar-refractivity contribution in [3.8, 4) is 0 Å². The van der Waals surface area contributed by atoms with Crippen LogP contribution in [0.1, 0.15) is 46.0 Å². The van der Waals surface area contributed by atoms with Crippen LogP contribution in [0, 0.1) is 29.6 Å². The molecule has 4 unspecified atom stereocenters. The lowest BCUT2D eigenvalue weighted by molar-refractivity contribution is -0.137. The summed E-state index contributed by atoms with van der Waals surface area (Å²) in [5.74, 6) is 5.54. The molecule has 0 N–H and O–H groups in total. The fourth-order valence-electron chi connectivity index (χ4n) is 4.29. The van der Waals surface area contributed by atoms with E-state index < -0.39 is 0 Å². The second-order valence-electron chi connectivity index (χ2n) is 5.93. The van der Waals surface area contributed by atoms with Gasteiger partial charge in [-0.2, -0.15) is 0 Å². The molecule has 0 amide bonds. The van der Waals surface area contributed by atoms with Gasteiger partial charge in [0.05, 0.1) is 7.11 Å². The molecule has 2 bridgehead atoms. The lowest BCUT2D eigenvalue weighted by Crippen LogP contribution is -2.15. The van der Waals surface area contributed by atoms with Gasteiger partial charge in [0, 0.05) is 6.92 Å². The molecule has 92 valence electrons. The first-order valence-electron chi connectivity index (χ1n) is 6.66. The minimum atomic E-state index is -0.245. The highest BCUT2D eigenvalue weighted by Crippen LogP contribution is 2.59. The Hall–Kier alpha value is -0.530. The summed E-state index contributed by atoms with van der Waals surface area (Å²) < 4.78 is 4.11. The highest BCUT2D eigenvalue weighted by molar-refractivity contribution is 5.65. The van der Waals surface area contributed by atoms with Gasteiger partial charge in [0.25, 0.3) is 0 Å². The van der Waals surface area contributed by atoms with E-state index in [1.165, 1.54) is 37.7 Å². The van der Waals surface area contributed by atoms with Crippen molar-refractivity contribution in [1.82, 2.24) is 0 Å². The van der Waals surface area contributed by atoms with Crippen LogP contribution in [0.15, 0.2) is 0 Å². The zero-order valence-electron chi connectivity index (χ0n) is 10.7. The van der Waals surface area contributed by atoms with E-state index in [1.807, 2.05) is 0 Å². The summed E-state index contributed by atoms with van der Waals surface area (Å²) in [4.78, 5) is 9.59. The molecule has 0 aromatic heterocycles. The average Bonchev–Trinajstić information content (AvgIpc) is 2.88. The predicted molar refractivity (Wildman–Crippen MR) is 63.9 cm³/mol. The molecule has 0 aromatic rings. The van der Waals surface area contributed by atoms with Crippen molar-refractivity contribution in [1.29, 1.82) is 0 Å². The molecule has 2 nitrogen and oxygen atoms in total. The molecule has 4 atom stereocenters. The standard InChI is InChI=1S/C11H18.C3H6O2/c1-7-4-10-8-2-3-9(6-8)11(10)5-7;1-3(4)5-2/h7-11H,2-6H2,1H3;1-2H3. The summed E-state index contributed by atoms with van der Waals surface area (Å²) in [5, 5.41) is 0. The summed E-state index contributed by atoms with van der Waals surface area (Å²) in [5.41, 5.74) is 0.